The zero-order valence-corrected chi connectivity index (χ0v) is 7.18. The van der Waals surface area contributed by atoms with E-state index in [0.717, 1.165) is 0 Å². The average Bonchev–Trinajstić information content (AvgIpc) is 2.11. The van der Waals surface area contributed by atoms with Crippen LogP contribution in [0, 0.1) is 6.92 Å². The first kappa shape index (κ1) is 7.55. The summed E-state index contributed by atoms with van der Waals surface area (Å²) in [5.74, 6) is 0.568. The van der Waals surface area contributed by atoms with Gasteiger partial charge in [0.1, 0.15) is 7.14 Å². The number of nitrogens with zero attached hydrogens (tertiary/aromatic N) is 1. The molecular weight excluding hydrogens is 149 g/mol. The van der Waals surface area contributed by atoms with E-state index >= 15 is 0 Å². The van der Waals surface area contributed by atoms with E-state index in [4.69, 9.17) is 4.42 Å². The van der Waals surface area contributed by atoms with E-state index in [0.29, 0.717) is 11.4 Å². The van der Waals surface area contributed by atoms with Gasteiger partial charge in [0.2, 0.25) is 0 Å². The van der Waals surface area contributed by atoms with Crippen LogP contribution in [0.5, 0.6) is 0 Å². The van der Waals surface area contributed by atoms with Crippen LogP contribution in [0.4, 0.5) is 0 Å². The molecule has 0 bridgehead atoms. The smallest absolute Gasteiger partial charge is 0.191 e. The number of hydrogen-bond donors (Lipinski definition) is 0. The number of hydrogen-bond acceptors (Lipinski definition) is 3. The minimum atomic E-state index is -2.23. The summed E-state index contributed by atoms with van der Waals surface area (Å²) in [6, 6.07) is 0. The highest BCUT2D eigenvalue weighted by atomic mass is 31.2. The first-order valence-corrected chi connectivity index (χ1v) is 5.58. The Labute approximate surface area is 59.8 Å². The predicted octanol–water partition coefficient (Wildman–Crippen LogP) is 1.23. The van der Waals surface area contributed by atoms with Crippen LogP contribution in [0.3, 0.4) is 0 Å². The number of oxazole rings is 1. The van der Waals surface area contributed by atoms with Crippen molar-refractivity contribution in [3.05, 3.63) is 12.1 Å². The molecule has 0 saturated heterocycles. The molecule has 1 heterocycles. The van der Waals surface area contributed by atoms with Gasteiger partial charge in [0.15, 0.2) is 11.4 Å². The van der Waals surface area contributed by atoms with Crippen LogP contribution in [0.2, 0.25) is 0 Å². The fourth-order valence-electron chi connectivity index (χ4n) is 0.599. The van der Waals surface area contributed by atoms with Crippen molar-refractivity contribution in [3.63, 3.8) is 0 Å². The molecule has 0 N–H and O–H groups in total. The van der Waals surface area contributed by atoms with Crippen LogP contribution in [0.1, 0.15) is 5.89 Å². The van der Waals surface area contributed by atoms with Crippen LogP contribution in [-0.2, 0) is 4.57 Å². The van der Waals surface area contributed by atoms with Crippen molar-refractivity contribution in [1.82, 2.24) is 4.98 Å². The van der Waals surface area contributed by atoms with Gasteiger partial charge in [-0.25, -0.2) is 4.98 Å². The topological polar surface area (TPSA) is 43.1 Å². The molecule has 1 aromatic heterocycles. The third-order valence-electron chi connectivity index (χ3n) is 1.14. The molecule has 0 unspecified atom stereocenters. The second kappa shape index (κ2) is 2.24. The molecule has 56 valence electrons. The Morgan fingerprint density at radius 3 is 2.40 bits per heavy atom. The van der Waals surface area contributed by atoms with Crippen molar-refractivity contribution in [2.24, 2.45) is 0 Å². The SMILES string of the molecule is Cc1ncc(P(C)(C)=O)o1. The van der Waals surface area contributed by atoms with Gasteiger partial charge in [0.05, 0.1) is 6.20 Å². The van der Waals surface area contributed by atoms with E-state index in [9.17, 15) is 4.57 Å². The zero-order valence-electron chi connectivity index (χ0n) is 6.29. The Kier molecular flexibility index (Phi) is 1.69. The minimum Gasteiger partial charge on any atom is -0.438 e. The highest BCUT2D eigenvalue weighted by molar-refractivity contribution is 7.69. The highest BCUT2D eigenvalue weighted by Crippen LogP contribution is 2.34. The van der Waals surface area contributed by atoms with Gasteiger partial charge in [-0.1, -0.05) is 0 Å². The highest BCUT2D eigenvalue weighted by Gasteiger charge is 2.15. The lowest BCUT2D eigenvalue weighted by Gasteiger charge is -1.97. The van der Waals surface area contributed by atoms with Crippen LogP contribution < -0.4 is 5.50 Å². The Hall–Kier alpha value is -0.560. The third kappa shape index (κ3) is 1.48. The quantitative estimate of drug-likeness (QED) is 0.579. The molecule has 0 saturated carbocycles. The first-order valence-electron chi connectivity index (χ1n) is 2.98. The minimum absolute atomic E-state index is 0.505. The molecule has 0 aliphatic rings. The molecule has 0 amide bonds. The van der Waals surface area contributed by atoms with Crippen molar-refractivity contribution < 1.29 is 8.98 Å². The van der Waals surface area contributed by atoms with E-state index < -0.39 is 7.14 Å². The van der Waals surface area contributed by atoms with Gasteiger partial charge in [0.25, 0.3) is 0 Å². The van der Waals surface area contributed by atoms with E-state index in [1.54, 1.807) is 20.3 Å². The van der Waals surface area contributed by atoms with E-state index in [1.165, 1.54) is 6.20 Å². The standard InChI is InChI=1S/C6H10NO2P/c1-5-7-4-6(9-5)10(2,3)8/h4H,1-3H3. The van der Waals surface area contributed by atoms with Gasteiger partial charge in [0, 0.05) is 6.92 Å². The van der Waals surface area contributed by atoms with E-state index in [2.05, 4.69) is 4.98 Å². The summed E-state index contributed by atoms with van der Waals surface area (Å²) in [5.41, 5.74) is 0.505. The molecule has 0 fully saturated rings. The van der Waals surface area contributed by atoms with Gasteiger partial charge < -0.3 is 8.98 Å². The maximum Gasteiger partial charge on any atom is 0.191 e. The van der Waals surface area contributed by atoms with Gasteiger partial charge in [-0.3, -0.25) is 0 Å². The monoisotopic (exact) mass is 159 g/mol. The van der Waals surface area contributed by atoms with Crippen LogP contribution in [0.25, 0.3) is 0 Å². The van der Waals surface area contributed by atoms with E-state index in [-0.39, 0.29) is 0 Å². The predicted molar refractivity (Wildman–Crippen MR) is 40.3 cm³/mol. The summed E-state index contributed by atoms with van der Waals surface area (Å²) in [7, 11) is -2.23. The lowest BCUT2D eigenvalue weighted by molar-refractivity contribution is 0.535. The van der Waals surface area contributed by atoms with Crippen LogP contribution >= 0.6 is 7.14 Å². The van der Waals surface area contributed by atoms with Crippen molar-refractivity contribution in [3.8, 4) is 0 Å². The fraction of sp³-hybridized carbons (Fsp3) is 0.500. The Morgan fingerprint density at radius 2 is 2.20 bits per heavy atom. The summed E-state index contributed by atoms with van der Waals surface area (Å²) < 4.78 is 16.4. The molecule has 10 heavy (non-hydrogen) atoms. The second-order valence-corrected chi connectivity index (χ2v) is 5.71. The Morgan fingerprint density at radius 1 is 1.60 bits per heavy atom. The summed E-state index contributed by atoms with van der Waals surface area (Å²) in [6.07, 6.45) is 1.52. The normalized spacial score (nSPS) is 11.9. The van der Waals surface area contributed by atoms with Crippen molar-refractivity contribution in [1.29, 1.82) is 0 Å². The average molecular weight is 159 g/mol. The molecule has 0 aliphatic carbocycles. The van der Waals surface area contributed by atoms with Crippen molar-refractivity contribution in [2.75, 3.05) is 13.3 Å². The summed E-state index contributed by atoms with van der Waals surface area (Å²) >= 11 is 0. The molecule has 0 aromatic carbocycles. The molecule has 0 aliphatic heterocycles. The van der Waals surface area contributed by atoms with Crippen molar-refractivity contribution >= 4 is 12.6 Å². The number of aromatic nitrogens is 1. The molecule has 1 rings (SSSR count). The lowest BCUT2D eigenvalue weighted by Crippen LogP contribution is -1.97. The van der Waals surface area contributed by atoms with Crippen molar-refractivity contribution in [2.45, 2.75) is 6.92 Å². The molecule has 3 nitrogen and oxygen atoms in total. The fourth-order valence-corrected chi connectivity index (χ4v) is 1.29. The third-order valence-corrected chi connectivity index (χ3v) is 2.41. The zero-order chi connectivity index (χ0) is 7.78. The summed E-state index contributed by atoms with van der Waals surface area (Å²) in [5, 5.41) is 0. The Balaban J connectivity index is 3.08. The second-order valence-electron chi connectivity index (χ2n) is 2.57. The molecule has 0 radical (unpaired) electrons. The van der Waals surface area contributed by atoms with Crippen LogP contribution in [0.15, 0.2) is 10.6 Å². The maximum atomic E-state index is 11.3. The molecular formula is C6H10NO2P. The van der Waals surface area contributed by atoms with Gasteiger partial charge >= 0.3 is 0 Å². The number of rotatable bonds is 1. The Bertz CT molecular complexity index is 273. The number of aryl methyl sites for hydroxylation is 1. The summed E-state index contributed by atoms with van der Waals surface area (Å²) in [6.45, 7) is 5.05. The summed E-state index contributed by atoms with van der Waals surface area (Å²) in [4.78, 5) is 3.84. The lowest BCUT2D eigenvalue weighted by atomic mass is 10.8. The van der Waals surface area contributed by atoms with Gasteiger partial charge in [-0.15, -0.1) is 0 Å². The van der Waals surface area contributed by atoms with E-state index in [1.807, 2.05) is 0 Å². The molecule has 0 spiro atoms. The maximum absolute atomic E-state index is 11.3. The van der Waals surface area contributed by atoms with Gasteiger partial charge in [-0.05, 0) is 13.3 Å². The first-order chi connectivity index (χ1) is 4.50. The molecule has 0 atom stereocenters. The van der Waals surface area contributed by atoms with Gasteiger partial charge in [-0.2, -0.15) is 0 Å². The molecule has 1 aromatic rings. The molecule has 4 heteroatoms. The largest absolute Gasteiger partial charge is 0.438 e. The van der Waals surface area contributed by atoms with Crippen LogP contribution in [-0.4, -0.2) is 18.3 Å².